The Morgan fingerprint density at radius 3 is 2.27 bits per heavy atom. The van der Waals surface area contributed by atoms with Gasteiger partial charge >= 0.3 is 0 Å². The molecule has 0 amide bonds. The summed E-state index contributed by atoms with van der Waals surface area (Å²) >= 11 is 0. The van der Waals surface area contributed by atoms with Gasteiger partial charge in [0.05, 0.1) is 0 Å². The Kier molecular flexibility index (Phi) is 6.72. The molecule has 0 unspecified atom stereocenters. The molecule has 15 heavy (non-hydrogen) atoms. The van der Waals surface area contributed by atoms with Crippen molar-refractivity contribution < 1.29 is 0 Å². The molecule has 0 bridgehead atoms. The smallest absolute Gasteiger partial charge is 0.0533 e. The monoisotopic (exact) mass is 204 g/mol. The zero-order valence-corrected chi connectivity index (χ0v) is 9.78. The van der Waals surface area contributed by atoms with E-state index in [4.69, 9.17) is 0 Å². The first-order valence-corrected chi connectivity index (χ1v) is 6.16. The van der Waals surface area contributed by atoms with Crippen molar-refractivity contribution in [1.29, 1.82) is 0 Å². The van der Waals surface area contributed by atoms with Gasteiger partial charge in [0.1, 0.15) is 0 Å². The average molecular weight is 204 g/mol. The maximum Gasteiger partial charge on any atom is -0.0533 e. The topological polar surface area (TPSA) is 14.1 Å². The number of unbranched alkanes of at least 4 members (excludes halogenated alkanes) is 5. The van der Waals surface area contributed by atoms with E-state index in [2.05, 4.69) is 24.4 Å². The fraction of sp³-hybridized carbons (Fsp3) is 0.571. The Morgan fingerprint density at radius 2 is 1.53 bits per heavy atom. The number of benzene rings is 1. The molecule has 0 N–H and O–H groups in total. The van der Waals surface area contributed by atoms with Gasteiger partial charge < -0.3 is 5.32 Å². The van der Waals surface area contributed by atoms with Crippen LogP contribution in [0.2, 0.25) is 0 Å². The van der Waals surface area contributed by atoms with Crippen LogP contribution in [0.4, 0.5) is 5.69 Å². The molecule has 1 aromatic carbocycles. The molecule has 0 radical (unpaired) electrons. The highest BCUT2D eigenvalue weighted by molar-refractivity contribution is 5.47. The summed E-state index contributed by atoms with van der Waals surface area (Å²) in [6, 6.07) is 10.2. The van der Waals surface area contributed by atoms with Crippen LogP contribution in [0.5, 0.6) is 0 Å². The normalized spacial score (nSPS) is 10.2. The zero-order valence-electron chi connectivity index (χ0n) is 9.78. The molecule has 0 aliphatic carbocycles. The lowest BCUT2D eigenvalue weighted by atomic mass is 10.1. The van der Waals surface area contributed by atoms with Crippen molar-refractivity contribution in [2.24, 2.45) is 0 Å². The lowest BCUT2D eigenvalue weighted by molar-refractivity contribution is 0.620. The predicted octanol–water partition coefficient (Wildman–Crippen LogP) is 5.05. The van der Waals surface area contributed by atoms with Crippen molar-refractivity contribution in [2.75, 3.05) is 6.54 Å². The van der Waals surface area contributed by atoms with E-state index in [9.17, 15) is 0 Å². The van der Waals surface area contributed by atoms with Gasteiger partial charge in [0.15, 0.2) is 0 Å². The molecule has 1 nitrogen and oxygen atoms in total. The third-order valence-corrected chi connectivity index (χ3v) is 2.56. The molecule has 0 fully saturated rings. The summed E-state index contributed by atoms with van der Waals surface area (Å²) in [5.74, 6) is 0. The number of hydrogen-bond donors (Lipinski definition) is 0. The van der Waals surface area contributed by atoms with Gasteiger partial charge in [-0.15, -0.1) is 12.2 Å². The number of nitrogens with zero attached hydrogens (tertiary/aromatic N) is 1. The minimum Gasteiger partial charge on any atom is -0.684 e. The molecule has 1 rings (SSSR count). The van der Waals surface area contributed by atoms with Crippen LogP contribution in [0.1, 0.15) is 45.4 Å². The van der Waals surface area contributed by atoms with Crippen LogP contribution in [0.25, 0.3) is 5.32 Å². The number of para-hydroxylation sites is 1. The molecular formula is C14H22N-. The lowest BCUT2D eigenvalue weighted by Crippen LogP contribution is -1.83. The van der Waals surface area contributed by atoms with Crippen LogP contribution in [0, 0.1) is 0 Å². The molecule has 1 aromatic rings. The SMILES string of the molecule is CCCCCCCC[N-]c1ccccc1. The Labute approximate surface area is 93.9 Å². The summed E-state index contributed by atoms with van der Waals surface area (Å²) < 4.78 is 0. The highest BCUT2D eigenvalue weighted by Crippen LogP contribution is 2.17. The fourth-order valence-corrected chi connectivity index (χ4v) is 1.63. The van der Waals surface area contributed by atoms with Gasteiger partial charge in [-0.1, -0.05) is 75.8 Å². The summed E-state index contributed by atoms with van der Waals surface area (Å²) in [5, 5.41) is 4.52. The molecule has 0 saturated carbocycles. The van der Waals surface area contributed by atoms with E-state index in [0.717, 1.165) is 12.2 Å². The second-order valence-electron chi connectivity index (χ2n) is 3.99. The molecule has 1 heteroatoms. The Bertz CT molecular complexity index is 230. The fourth-order valence-electron chi connectivity index (χ4n) is 1.63. The van der Waals surface area contributed by atoms with Crippen LogP contribution in [0.15, 0.2) is 30.3 Å². The highest BCUT2D eigenvalue weighted by atomic mass is 14.9. The van der Waals surface area contributed by atoms with Crippen molar-refractivity contribution in [1.82, 2.24) is 0 Å². The van der Waals surface area contributed by atoms with E-state index in [1.165, 1.54) is 38.5 Å². The number of hydrogen-bond acceptors (Lipinski definition) is 0. The Balaban J connectivity index is 1.93. The van der Waals surface area contributed by atoms with Crippen molar-refractivity contribution in [3.8, 4) is 0 Å². The summed E-state index contributed by atoms with van der Waals surface area (Å²) in [6.07, 6.45) is 8.04. The highest BCUT2D eigenvalue weighted by Gasteiger charge is 1.86. The van der Waals surface area contributed by atoms with Crippen LogP contribution in [-0.2, 0) is 0 Å². The number of rotatable bonds is 8. The Hall–Kier alpha value is -0.980. The zero-order chi connectivity index (χ0) is 10.8. The van der Waals surface area contributed by atoms with E-state index in [1.807, 2.05) is 18.2 Å². The van der Waals surface area contributed by atoms with E-state index in [1.54, 1.807) is 0 Å². The molecule has 0 aliphatic rings. The molecule has 0 heterocycles. The van der Waals surface area contributed by atoms with Gasteiger partial charge in [-0.2, -0.15) is 0 Å². The molecule has 0 saturated heterocycles. The first kappa shape index (κ1) is 12.1. The van der Waals surface area contributed by atoms with Crippen molar-refractivity contribution in [3.05, 3.63) is 35.6 Å². The van der Waals surface area contributed by atoms with Crippen LogP contribution >= 0.6 is 0 Å². The largest absolute Gasteiger partial charge is 0.684 e. The standard InChI is InChI=1S/C14H22N/c1-2-3-4-5-6-10-13-15-14-11-8-7-9-12-14/h7-9,11-12H,2-6,10,13H2,1H3/q-1. The van der Waals surface area contributed by atoms with Crippen molar-refractivity contribution >= 4 is 5.69 Å². The average Bonchev–Trinajstić information content (AvgIpc) is 2.29. The maximum absolute atomic E-state index is 4.52. The van der Waals surface area contributed by atoms with Crippen molar-refractivity contribution in [3.63, 3.8) is 0 Å². The van der Waals surface area contributed by atoms with Crippen LogP contribution in [-0.4, -0.2) is 6.54 Å². The molecule has 0 spiro atoms. The Morgan fingerprint density at radius 1 is 0.867 bits per heavy atom. The van der Waals surface area contributed by atoms with Crippen LogP contribution in [0.3, 0.4) is 0 Å². The van der Waals surface area contributed by atoms with E-state index in [-0.39, 0.29) is 0 Å². The van der Waals surface area contributed by atoms with Gasteiger partial charge in [0, 0.05) is 0 Å². The quantitative estimate of drug-likeness (QED) is 0.526. The third kappa shape index (κ3) is 6.16. The van der Waals surface area contributed by atoms with Gasteiger partial charge in [0.2, 0.25) is 0 Å². The first-order chi connectivity index (χ1) is 7.43. The molecule has 0 aliphatic heterocycles. The van der Waals surface area contributed by atoms with Crippen molar-refractivity contribution in [2.45, 2.75) is 45.4 Å². The molecule has 0 atom stereocenters. The van der Waals surface area contributed by atoms with Crippen LogP contribution < -0.4 is 0 Å². The van der Waals surface area contributed by atoms with E-state index < -0.39 is 0 Å². The lowest BCUT2D eigenvalue weighted by Gasteiger charge is -2.20. The minimum atomic E-state index is 0.982. The summed E-state index contributed by atoms with van der Waals surface area (Å²) in [4.78, 5) is 0. The molecule has 0 aromatic heterocycles. The summed E-state index contributed by atoms with van der Waals surface area (Å²) in [7, 11) is 0. The second-order valence-corrected chi connectivity index (χ2v) is 3.99. The third-order valence-electron chi connectivity index (χ3n) is 2.56. The van der Waals surface area contributed by atoms with E-state index in [0.29, 0.717) is 0 Å². The maximum atomic E-state index is 4.52. The molecule has 84 valence electrons. The molecular weight excluding hydrogens is 182 g/mol. The summed E-state index contributed by atoms with van der Waals surface area (Å²) in [6.45, 7) is 3.24. The minimum absolute atomic E-state index is 0.982. The second kappa shape index (κ2) is 8.34. The van der Waals surface area contributed by atoms with Gasteiger partial charge in [-0.25, -0.2) is 0 Å². The predicted molar refractivity (Wildman–Crippen MR) is 67.7 cm³/mol. The van der Waals surface area contributed by atoms with Gasteiger partial charge in [0.25, 0.3) is 0 Å². The summed E-state index contributed by atoms with van der Waals surface area (Å²) in [5.41, 5.74) is 1.12. The van der Waals surface area contributed by atoms with Gasteiger partial charge in [-0.3, -0.25) is 0 Å². The first-order valence-electron chi connectivity index (χ1n) is 6.16. The van der Waals surface area contributed by atoms with Gasteiger partial charge in [-0.05, 0) is 0 Å². The van der Waals surface area contributed by atoms with E-state index >= 15 is 0 Å².